The minimum Gasteiger partial charge on any atom is -0.466 e. The number of carbonyl (C=O) groups excluding carboxylic acids is 2. The lowest BCUT2D eigenvalue weighted by molar-refractivity contribution is -0.147. The summed E-state index contributed by atoms with van der Waals surface area (Å²) in [5.41, 5.74) is 1.66. The maximum atomic E-state index is 12.6. The van der Waals surface area contributed by atoms with Gasteiger partial charge in [-0.05, 0) is 55.3 Å². The number of carbonyl (C=O) groups is 2. The molecule has 0 radical (unpaired) electrons. The van der Waals surface area contributed by atoms with Crippen LogP contribution >= 0.6 is 0 Å². The van der Waals surface area contributed by atoms with Gasteiger partial charge in [0.15, 0.2) is 0 Å². The molecule has 1 unspecified atom stereocenters. The highest BCUT2D eigenvalue weighted by Gasteiger charge is 2.21. The van der Waals surface area contributed by atoms with Crippen molar-refractivity contribution in [1.82, 2.24) is 5.32 Å². The van der Waals surface area contributed by atoms with Crippen molar-refractivity contribution in [2.75, 3.05) is 17.9 Å². The van der Waals surface area contributed by atoms with Crippen LogP contribution in [0.3, 0.4) is 0 Å². The third-order valence-electron chi connectivity index (χ3n) is 4.91. The van der Waals surface area contributed by atoms with E-state index < -0.39 is 15.9 Å². The van der Waals surface area contributed by atoms with Gasteiger partial charge in [0.25, 0.3) is 15.9 Å². The summed E-state index contributed by atoms with van der Waals surface area (Å²) >= 11 is 0. The molecule has 0 spiro atoms. The second-order valence-corrected chi connectivity index (χ2v) is 9.03. The Labute approximate surface area is 193 Å². The molecule has 3 aromatic carbocycles. The van der Waals surface area contributed by atoms with E-state index >= 15 is 0 Å². The fourth-order valence-electron chi connectivity index (χ4n) is 3.22. The van der Waals surface area contributed by atoms with Crippen molar-refractivity contribution in [3.63, 3.8) is 0 Å². The zero-order valence-electron chi connectivity index (χ0n) is 18.2. The number of sulfonamides is 1. The summed E-state index contributed by atoms with van der Waals surface area (Å²) in [5.74, 6) is -1.25. The van der Waals surface area contributed by atoms with Crippen LogP contribution in [-0.4, -0.2) is 33.4 Å². The fourth-order valence-corrected chi connectivity index (χ4v) is 4.30. The van der Waals surface area contributed by atoms with Crippen LogP contribution in [0.25, 0.3) is 0 Å². The van der Waals surface area contributed by atoms with E-state index in [1.807, 2.05) is 30.3 Å². The number of hydrogen-bond acceptors (Lipinski definition) is 5. The average molecular weight is 467 g/mol. The number of ether oxygens (including phenoxy) is 1. The predicted molar refractivity (Wildman–Crippen MR) is 126 cm³/mol. The third-order valence-corrected chi connectivity index (χ3v) is 6.30. The Morgan fingerprint density at radius 2 is 1.48 bits per heavy atom. The van der Waals surface area contributed by atoms with E-state index in [1.54, 1.807) is 25.1 Å². The monoisotopic (exact) mass is 466 g/mol. The molecule has 3 rings (SSSR count). The molecule has 1 amide bonds. The van der Waals surface area contributed by atoms with Crippen molar-refractivity contribution < 1.29 is 22.7 Å². The van der Waals surface area contributed by atoms with Gasteiger partial charge in [-0.25, -0.2) is 8.42 Å². The molecule has 0 heterocycles. The fraction of sp³-hybridized carbons (Fsp3) is 0.200. The van der Waals surface area contributed by atoms with Gasteiger partial charge in [-0.2, -0.15) is 0 Å². The highest BCUT2D eigenvalue weighted by atomic mass is 32.2. The molecule has 8 heteroatoms. The maximum Gasteiger partial charge on any atom is 0.311 e. The molecule has 33 heavy (non-hydrogen) atoms. The largest absolute Gasteiger partial charge is 0.466 e. The van der Waals surface area contributed by atoms with Crippen molar-refractivity contribution >= 4 is 27.6 Å². The lowest BCUT2D eigenvalue weighted by Crippen LogP contribution is -2.35. The van der Waals surface area contributed by atoms with Crippen LogP contribution in [0.2, 0.25) is 0 Å². The number of rotatable bonds is 10. The number of amides is 1. The van der Waals surface area contributed by atoms with E-state index in [4.69, 9.17) is 4.74 Å². The summed E-state index contributed by atoms with van der Waals surface area (Å²) in [7, 11) is -3.71. The Morgan fingerprint density at radius 3 is 2.09 bits per heavy atom. The summed E-state index contributed by atoms with van der Waals surface area (Å²) in [6, 6.07) is 23.6. The second-order valence-electron chi connectivity index (χ2n) is 7.34. The number of benzene rings is 3. The van der Waals surface area contributed by atoms with Gasteiger partial charge in [0, 0.05) is 17.8 Å². The standard InChI is InChI=1S/C25H26N2O5S/c1-2-32-25(29)21(17-19-9-5-3-6-10-19)18-26-24(28)20-13-15-22(16-14-20)27-33(30,31)23-11-7-4-8-12-23/h3-16,21,27H,2,17-18H2,1H3,(H,26,28). The van der Waals surface area contributed by atoms with Crippen LogP contribution in [0.1, 0.15) is 22.8 Å². The molecule has 3 aromatic rings. The molecule has 1 atom stereocenters. The topological polar surface area (TPSA) is 102 Å². The van der Waals surface area contributed by atoms with Crippen LogP contribution in [0.4, 0.5) is 5.69 Å². The molecule has 0 bridgehead atoms. The van der Waals surface area contributed by atoms with Crippen molar-refractivity contribution in [2.24, 2.45) is 5.92 Å². The van der Waals surface area contributed by atoms with Crippen LogP contribution in [0, 0.1) is 5.92 Å². The minimum absolute atomic E-state index is 0.120. The highest BCUT2D eigenvalue weighted by Crippen LogP contribution is 2.17. The molecule has 7 nitrogen and oxygen atoms in total. The van der Waals surface area contributed by atoms with E-state index in [1.165, 1.54) is 36.4 Å². The van der Waals surface area contributed by atoms with E-state index in [0.717, 1.165) is 5.56 Å². The van der Waals surface area contributed by atoms with Crippen molar-refractivity contribution in [3.05, 3.63) is 96.1 Å². The van der Waals surface area contributed by atoms with E-state index in [2.05, 4.69) is 10.0 Å². The lowest BCUT2D eigenvalue weighted by atomic mass is 9.99. The Balaban J connectivity index is 1.62. The first-order valence-electron chi connectivity index (χ1n) is 10.6. The van der Waals surface area contributed by atoms with Crippen LogP contribution < -0.4 is 10.0 Å². The minimum atomic E-state index is -3.71. The number of esters is 1. The average Bonchev–Trinajstić information content (AvgIpc) is 2.83. The molecular formula is C25H26N2O5S. The first kappa shape index (κ1) is 24.0. The van der Waals surface area contributed by atoms with E-state index in [-0.39, 0.29) is 29.9 Å². The Hall–Kier alpha value is -3.65. The van der Waals surface area contributed by atoms with Gasteiger partial charge in [0.05, 0.1) is 17.4 Å². The normalized spacial score (nSPS) is 11.9. The summed E-state index contributed by atoms with van der Waals surface area (Å²) < 4.78 is 32.5. The molecule has 0 aliphatic rings. The van der Waals surface area contributed by atoms with Gasteiger partial charge in [-0.15, -0.1) is 0 Å². The smallest absolute Gasteiger partial charge is 0.311 e. The van der Waals surface area contributed by atoms with Crippen LogP contribution in [-0.2, 0) is 26.0 Å². The predicted octanol–water partition coefficient (Wildman–Crippen LogP) is 3.64. The van der Waals surface area contributed by atoms with Gasteiger partial charge >= 0.3 is 5.97 Å². The molecule has 0 aliphatic carbocycles. The molecule has 0 saturated heterocycles. The van der Waals surface area contributed by atoms with Crippen LogP contribution in [0.15, 0.2) is 89.8 Å². The molecule has 2 N–H and O–H groups in total. The number of nitrogens with one attached hydrogen (secondary N) is 2. The van der Waals surface area contributed by atoms with Crippen molar-refractivity contribution in [1.29, 1.82) is 0 Å². The zero-order chi connectivity index (χ0) is 23.7. The molecular weight excluding hydrogens is 440 g/mol. The molecule has 0 saturated carbocycles. The third kappa shape index (κ3) is 6.92. The van der Waals surface area contributed by atoms with Crippen LogP contribution in [0.5, 0.6) is 0 Å². The summed E-state index contributed by atoms with van der Waals surface area (Å²) in [5, 5.41) is 2.77. The molecule has 0 aromatic heterocycles. The number of anilines is 1. The summed E-state index contributed by atoms with van der Waals surface area (Å²) in [6.45, 7) is 2.12. The van der Waals surface area contributed by atoms with Gasteiger partial charge in [0.1, 0.15) is 0 Å². The van der Waals surface area contributed by atoms with Crippen molar-refractivity contribution in [3.8, 4) is 0 Å². The summed E-state index contributed by atoms with van der Waals surface area (Å²) in [4.78, 5) is 25.1. The highest BCUT2D eigenvalue weighted by molar-refractivity contribution is 7.92. The number of hydrogen-bond donors (Lipinski definition) is 2. The molecule has 172 valence electrons. The Morgan fingerprint density at radius 1 is 0.879 bits per heavy atom. The van der Waals surface area contributed by atoms with E-state index in [9.17, 15) is 18.0 Å². The lowest BCUT2D eigenvalue weighted by Gasteiger charge is -2.16. The Bertz CT molecular complexity index is 1160. The summed E-state index contributed by atoms with van der Waals surface area (Å²) in [6.07, 6.45) is 0.445. The maximum absolute atomic E-state index is 12.6. The second kappa shape index (κ2) is 11.3. The SMILES string of the molecule is CCOC(=O)C(CNC(=O)c1ccc(NS(=O)(=O)c2ccccc2)cc1)Cc1ccccc1. The molecule has 0 fully saturated rings. The first-order chi connectivity index (χ1) is 15.9. The van der Waals surface area contributed by atoms with Gasteiger partial charge in [0.2, 0.25) is 0 Å². The van der Waals surface area contributed by atoms with Crippen molar-refractivity contribution in [2.45, 2.75) is 18.2 Å². The van der Waals surface area contributed by atoms with Gasteiger partial charge in [-0.1, -0.05) is 48.5 Å². The van der Waals surface area contributed by atoms with E-state index in [0.29, 0.717) is 17.7 Å². The molecule has 0 aliphatic heterocycles. The first-order valence-corrected chi connectivity index (χ1v) is 12.0. The van der Waals surface area contributed by atoms with Gasteiger partial charge in [-0.3, -0.25) is 14.3 Å². The van der Waals surface area contributed by atoms with Gasteiger partial charge < -0.3 is 10.1 Å². The Kier molecular flexibility index (Phi) is 8.21. The zero-order valence-corrected chi connectivity index (χ0v) is 19.0. The quantitative estimate of drug-likeness (QED) is 0.444.